The monoisotopic (exact) mass is 304 g/mol. The summed E-state index contributed by atoms with van der Waals surface area (Å²) in [6, 6.07) is 0. The molecule has 0 bridgehead atoms. The van der Waals surface area contributed by atoms with E-state index in [0.29, 0.717) is 5.41 Å². The molecule has 0 spiro atoms. The molecule has 17 heavy (non-hydrogen) atoms. The first-order chi connectivity index (χ1) is 8.24. The Morgan fingerprint density at radius 1 is 0.706 bits per heavy atom. The van der Waals surface area contributed by atoms with Crippen LogP contribution in [-0.2, 0) is 0 Å². The van der Waals surface area contributed by atoms with E-state index in [2.05, 4.69) is 36.7 Å². The predicted octanol–water partition coefficient (Wildman–Crippen LogP) is 6.72. The van der Waals surface area contributed by atoms with Crippen LogP contribution in [0.2, 0.25) is 0 Å². The number of halogens is 1. The second-order valence-electron chi connectivity index (χ2n) is 5.61. The summed E-state index contributed by atoms with van der Waals surface area (Å²) in [6.45, 7) is 6.96. The molecule has 1 unspecified atom stereocenters. The SMILES string of the molecule is CCCCCCCCC(CC)(CBr)CCCC. The molecule has 0 nitrogen and oxygen atoms in total. The first-order valence-corrected chi connectivity index (χ1v) is 8.92. The summed E-state index contributed by atoms with van der Waals surface area (Å²) in [4.78, 5) is 0. The standard InChI is InChI=1S/C16H33Br/c1-4-7-9-10-11-12-14-16(6-3,15-17)13-8-5-2/h4-15H2,1-3H3. The number of unbranched alkanes of at least 4 members (excludes halogenated alkanes) is 6. The van der Waals surface area contributed by atoms with E-state index < -0.39 is 0 Å². The highest BCUT2D eigenvalue weighted by Gasteiger charge is 2.25. The Bertz CT molecular complexity index is 150. The highest BCUT2D eigenvalue weighted by Crippen LogP contribution is 2.36. The van der Waals surface area contributed by atoms with Crippen LogP contribution in [0.3, 0.4) is 0 Å². The summed E-state index contributed by atoms with van der Waals surface area (Å²) in [5.74, 6) is 0. The topological polar surface area (TPSA) is 0 Å². The van der Waals surface area contributed by atoms with Crippen LogP contribution in [0.15, 0.2) is 0 Å². The van der Waals surface area contributed by atoms with E-state index in [-0.39, 0.29) is 0 Å². The Hall–Kier alpha value is 0.480. The molecule has 0 aromatic rings. The van der Waals surface area contributed by atoms with Crippen LogP contribution in [0.4, 0.5) is 0 Å². The Labute approximate surface area is 118 Å². The molecule has 0 amide bonds. The normalized spacial score (nSPS) is 14.8. The van der Waals surface area contributed by atoms with Gasteiger partial charge in [-0.1, -0.05) is 88.1 Å². The predicted molar refractivity (Wildman–Crippen MR) is 84.0 cm³/mol. The van der Waals surface area contributed by atoms with Crippen molar-refractivity contribution in [2.45, 2.75) is 91.4 Å². The van der Waals surface area contributed by atoms with Gasteiger partial charge in [0.1, 0.15) is 0 Å². The third-order valence-electron chi connectivity index (χ3n) is 4.15. The van der Waals surface area contributed by atoms with Gasteiger partial charge in [0, 0.05) is 5.33 Å². The number of hydrogen-bond acceptors (Lipinski definition) is 0. The van der Waals surface area contributed by atoms with E-state index in [4.69, 9.17) is 0 Å². The number of alkyl halides is 1. The van der Waals surface area contributed by atoms with Crippen molar-refractivity contribution in [3.8, 4) is 0 Å². The van der Waals surface area contributed by atoms with Gasteiger partial charge in [0.2, 0.25) is 0 Å². The van der Waals surface area contributed by atoms with Crippen molar-refractivity contribution in [2.24, 2.45) is 5.41 Å². The van der Waals surface area contributed by atoms with E-state index in [1.54, 1.807) is 0 Å². The quantitative estimate of drug-likeness (QED) is 0.277. The van der Waals surface area contributed by atoms with Crippen molar-refractivity contribution >= 4 is 15.9 Å². The average molecular weight is 305 g/mol. The van der Waals surface area contributed by atoms with Gasteiger partial charge in [-0.15, -0.1) is 0 Å². The van der Waals surface area contributed by atoms with Crippen LogP contribution in [0.1, 0.15) is 91.4 Å². The van der Waals surface area contributed by atoms with Crippen LogP contribution >= 0.6 is 15.9 Å². The minimum Gasteiger partial charge on any atom is -0.0922 e. The van der Waals surface area contributed by atoms with Crippen LogP contribution < -0.4 is 0 Å². The fourth-order valence-corrected chi connectivity index (χ4v) is 3.50. The highest BCUT2D eigenvalue weighted by molar-refractivity contribution is 9.09. The molecular formula is C16H33Br. The van der Waals surface area contributed by atoms with Crippen molar-refractivity contribution in [3.05, 3.63) is 0 Å². The van der Waals surface area contributed by atoms with Gasteiger partial charge in [-0.2, -0.15) is 0 Å². The molecule has 1 heteroatoms. The summed E-state index contributed by atoms with van der Waals surface area (Å²) < 4.78 is 0. The molecule has 0 radical (unpaired) electrons. The molecule has 0 aromatic carbocycles. The summed E-state index contributed by atoms with van der Waals surface area (Å²) in [5, 5.41) is 1.20. The zero-order valence-corrected chi connectivity index (χ0v) is 13.9. The summed E-state index contributed by atoms with van der Waals surface area (Å²) in [7, 11) is 0. The van der Waals surface area contributed by atoms with Gasteiger partial charge in [0.25, 0.3) is 0 Å². The fourth-order valence-electron chi connectivity index (χ4n) is 2.54. The molecule has 1 atom stereocenters. The first-order valence-electron chi connectivity index (χ1n) is 7.80. The van der Waals surface area contributed by atoms with Crippen molar-refractivity contribution in [2.75, 3.05) is 5.33 Å². The highest BCUT2D eigenvalue weighted by atomic mass is 79.9. The van der Waals surface area contributed by atoms with Crippen molar-refractivity contribution < 1.29 is 0 Å². The molecule has 104 valence electrons. The molecule has 0 aliphatic carbocycles. The average Bonchev–Trinajstić information content (AvgIpc) is 2.38. The van der Waals surface area contributed by atoms with Gasteiger partial charge < -0.3 is 0 Å². The Kier molecular flexibility index (Phi) is 11.9. The lowest BCUT2D eigenvalue weighted by Crippen LogP contribution is -2.21. The zero-order chi connectivity index (χ0) is 13.0. The number of rotatable bonds is 12. The Morgan fingerprint density at radius 3 is 1.76 bits per heavy atom. The zero-order valence-electron chi connectivity index (χ0n) is 12.4. The van der Waals surface area contributed by atoms with Gasteiger partial charge in [0.05, 0.1) is 0 Å². The maximum absolute atomic E-state index is 3.76. The lowest BCUT2D eigenvalue weighted by Gasteiger charge is -2.31. The smallest absolute Gasteiger partial charge is 0.00878 e. The Balaban J connectivity index is 3.75. The maximum atomic E-state index is 3.76. The molecule has 0 N–H and O–H groups in total. The molecule has 0 saturated carbocycles. The fraction of sp³-hybridized carbons (Fsp3) is 1.00. The molecule has 0 fully saturated rings. The minimum atomic E-state index is 0.598. The molecule has 0 rings (SSSR count). The van der Waals surface area contributed by atoms with E-state index in [9.17, 15) is 0 Å². The van der Waals surface area contributed by atoms with Crippen LogP contribution in [0.5, 0.6) is 0 Å². The molecule has 0 aliphatic rings. The second kappa shape index (κ2) is 11.6. The molecule has 0 aliphatic heterocycles. The molecular weight excluding hydrogens is 272 g/mol. The molecule has 0 aromatic heterocycles. The largest absolute Gasteiger partial charge is 0.0922 e. The van der Waals surface area contributed by atoms with E-state index in [1.165, 1.54) is 76.0 Å². The first kappa shape index (κ1) is 17.5. The summed E-state index contributed by atoms with van der Waals surface area (Å²) in [5.41, 5.74) is 0.598. The van der Waals surface area contributed by atoms with Crippen molar-refractivity contribution in [3.63, 3.8) is 0 Å². The minimum absolute atomic E-state index is 0.598. The van der Waals surface area contributed by atoms with Crippen LogP contribution in [0, 0.1) is 5.41 Å². The van der Waals surface area contributed by atoms with Crippen LogP contribution in [-0.4, -0.2) is 5.33 Å². The lowest BCUT2D eigenvalue weighted by atomic mass is 9.78. The number of hydrogen-bond donors (Lipinski definition) is 0. The third-order valence-corrected chi connectivity index (χ3v) is 5.34. The van der Waals surface area contributed by atoms with Crippen molar-refractivity contribution in [1.29, 1.82) is 0 Å². The molecule has 0 saturated heterocycles. The summed E-state index contributed by atoms with van der Waals surface area (Å²) >= 11 is 3.76. The van der Waals surface area contributed by atoms with Crippen LogP contribution in [0.25, 0.3) is 0 Å². The van der Waals surface area contributed by atoms with E-state index >= 15 is 0 Å². The lowest BCUT2D eigenvalue weighted by molar-refractivity contribution is 0.252. The molecule has 0 heterocycles. The Morgan fingerprint density at radius 2 is 1.24 bits per heavy atom. The summed E-state index contributed by atoms with van der Waals surface area (Å²) in [6.07, 6.45) is 15.5. The third kappa shape index (κ3) is 8.24. The van der Waals surface area contributed by atoms with E-state index in [0.717, 1.165) is 0 Å². The van der Waals surface area contributed by atoms with E-state index in [1.807, 2.05) is 0 Å². The van der Waals surface area contributed by atoms with Gasteiger partial charge in [-0.3, -0.25) is 0 Å². The van der Waals surface area contributed by atoms with Crippen molar-refractivity contribution in [1.82, 2.24) is 0 Å². The van der Waals surface area contributed by atoms with Gasteiger partial charge >= 0.3 is 0 Å². The maximum Gasteiger partial charge on any atom is 0.00878 e. The van der Waals surface area contributed by atoms with Gasteiger partial charge in [0.15, 0.2) is 0 Å². The van der Waals surface area contributed by atoms with Gasteiger partial charge in [-0.25, -0.2) is 0 Å². The van der Waals surface area contributed by atoms with Gasteiger partial charge in [-0.05, 0) is 24.7 Å². The second-order valence-corrected chi connectivity index (χ2v) is 6.17.